The number of sulfonamides is 1. The molecule has 142 valence electrons. The summed E-state index contributed by atoms with van der Waals surface area (Å²) in [5.41, 5.74) is 1.71. The zero-order valence-corrected chi connectivity index (χ0v) is 15.4. The van der Waals surface area contributed by atoms with Crippen LogP contribution >= 0.6 is 0 Å². The molecule has 0 amide bonds. The molecule has 0 atom stereocenters. The lowest BCUT2D eigenvalue weighted by Gasteiger charge is -2.09. The molecule has 0 bridgehead atoms. The number of aromatic amines is 1. The minimum absolute atomic E-state index is 0.0579. The van der Waals surface area contributed by atoms with Crippen molar-refractivity contribution in [3.63, 3.8) is 0 Å². The molecule has 0 unspecified atom stereocenters. The topological polar surface area (TPSA) is 166 Å². The van der Waals surface area contributed by atoms with Crippen LogP contribution in [-0.4, -0.2) is 46.7 Å². The summed E-state index contributed by atoms with van der Waals surface area (Å²) in [4.78, 5) is 0. The maximum absolute atomic E-state index is 12.0. The maximum Gasteiger partial charge on any atom is 0.303 e. The number of anilines is 1. The van der Waals surface area contributed by atoms with E-state index >= 15 is 0 Å². The van der Waals surface area contributed by atoms with Gasteiger partial charge in [-0.1, -0.05) is 12.1 Å². The molecule has 0 aliphatic heterocycles. The number of hydrogen-bond acceptors (Lipinski definition) is 7. The smallest absolute Gasteiger partial charge is 0.283 e. The normalized spacial score (nSPS) is 15.0. The standard InChI is InChI=1S/C14H15N7O4S2/c15-27(24,25)21-8-7-12(13(21)14-16-19-20-17-14)9-1-3-10(4-2-9)18-26(22,23)11-5-6-11/h1-4,7-8,11,18H,5-6H2,(H2,15,24,25)(H,16,17,19,20). The number of nitrogens with zero attached hydrogens (tertiary/aromatic N) is 4. The fraction of sp³-hybridized carbons (Fsp3) is 0.214. The van der Waals surface area contributed by atoms with Gasteiger partial charge in [-0.2, -0.15) is 13.6 Å². The molecule has 1 saturated carbocycles. The van der Waals surface area contributed by atoms with Crippen LogP contribution in [0.5, 0.6) is 0 Å². The Balaban J connectivity index is 1.73. The number of aromatic nitrogens is 5. The van der Waals surface area contributed by atoms with Crippen molar-refractivity contribution < 1.29 is 16.8 Å². The van der Waals surface area contributed by atoms with Crippen LogP contribution in [0.15, 0.2) is 36.5 Å². The average molecular weight is 409 g/mol. The van der Waals surface area contributed by atoms with E-state index in [2.05, 4.69) is 25.3 Å². The Morgan fingerprint density at radius 2 is 1.81 bits per heavy atom. The van der Waals surface area contributed by atoms with Crippen molar-refractivity contribution in [3.8, 4) is 22.6 Å². The van der Waals surface area contributed by atoms with Gasteiger partial charge in [0.05, 0.1) is 5.25 Å². The third kappa shape index (κ3) is 3.43. The predicted octanol–water partition coefficient (Wildman–Crippen LogP) is 0.291. The number of H-pyrrole nitrogens is 1. The number of tetrazole rings is 1. The molecular weight excluding hydrogens is 394 g/mol. The summed E-state index contributed by atoms with van der Waals surface area (Å²) in [6, 6.07) is 8.08. The largest absolute Gasteiger partial charge is 0.303 e. The van der Waals surface area contributed by atoms with Gasteiger partial charge in [0.15, 0.2) is 0 Å². The second kappa shape index (κ2) is 6.14. The van der Waals surface area contributed by atoms with E-state index in [4.69, 9.17) is 5.14 Å². The molecular formula is C14H15N7O4S2. The Morgan fingerprint density at radius 3 is 2.37 bits per heavy atom. The Morgan fingerprint density at radius 1 is 1.11 bits per heavy atom. The van der Waals surface area contributed by atoms with Crippen molar-refractivity contribution in [1.82, 2.24) is 24.6 Å². The molecule has 0 spiro atoms. The van der Waals surface area contributed by atoms with Gasteiger partial charge < -0.3 is 0 Å². The summed E-state index contributed by atoms with van der Waals surface area (Å²) in [6.07, 6.45) is 2.63. The van der Waals surface area contributed by atoms with E-state index in [-0.39, 0.29) is 16.8 Å². The summed E-state index contributed by atoms with van der Waals surface area (Å²) >= 11 is 0. The number of benzene rings is 1. The van der Waals surface area contributed by atoms with E-state index in [9.17, 15) is 16.8 Å². The van der Waals surface area contributed by atoms with E-state index in [1.165, 1.54) is 6.20 Å². The highest BCUT2D eigenvalue weighted by molar-refractivity contribution is 7.93. The van der Waals surface area contributed by atoms with Crippen LogP contribution in [0.3, 0.4) is 0 Å². The number of nitrogens with two attached hydrogens (primary N) is 1. The molecule has 1 fully saturated rings. The third-order valence-corrected chi connectivity index (χ3v) is 6.82. The Kier molecular flexibility index (Phi) is 4.01. The fourth-order valence-electron chi connectivity index (χ4n) is 2.68. The quantitative estimate of drug-likeness (QED) is 0.526. The second-order valence-electron chi connectivity index (χ2n) is 6.08. The molecule has 1 aliphatic rings. The third-order valence-electron chi connectivity index (χ3n) is 4.10. The molecule has 0 saturated heterocycles. The van der Waals surface area contributed by atoms with Crippen molar-refractivity contribution in [3.05, 3.63) is 36.5 Å². The first-order valence-electron chi connectivity index (χ1n) is 7.86. The molecule has 2 heterocycles. The SMILES string of the molecule is NS(=O)(=O)n1ccc(-c2ccc(NS(=O)(=O)C3CC3)cc2)c1-c1nn[nH]n1. The average Bonchev–Trinajstić information content (AvgIpc) is 3.16. The van der Waals surface area contributed by atoms with Crippen molar-refractivity contribution in [2.75, 3.05) is 4.72 Å². The van der Waals surface area contributed by atoms with Gasteiger partial charge in [-0.15, -0.1) is 10.2 Å². The summed E-state index contributed by atoms with van der Waals surface area (Å²) in [5.74, 6) is 0.0579. The van der Waals surface area contributed by atoms with Crippen LogP contribution in [0.25, 0.3) is 22.6 Å². The van der Waals surface area contributed by atoms with Crippen LogP contribution < -0.4 is 9.86 Å². The monoisotopic (exact) mass is 409 g/mol. The van der Waals surface area contributed by atoms with E-state index in [1.54, 1.807) is 30.3 Å². The van der Waals surface area contributed by atoms with Crippen molar-refractivity contribution >= 4 is 25.9 Å². The van der Waals surface area contributed by atoms with Crippen LogP contribution in [0.2, 0.25) is 0 Å². The van der Waals surface area contributed by atoms with Gasteiger partial charge in [-0.3, -0.25) is 4.72 Å². The van der Waals surface area contributed by atoms with Gasteiger partial charge in [-0.05, 0) is 41.8 Å². The van der Waals surface area contributed by atoms with E-state index in [0.29, 0.717) is 29.7 Å². The zero-order valence-electron chi connectivity index (χ0n) is 13.8. The van der Waals surface area contributed by atoms with Crippen LogP contribution in [-0.2, 0) is 20.2 Å². The highest BCUT2D eigenvalue weighted by Crippen LogP contribution is 2.33. The van der Waals surface area contributed by atoms with Gasteiger partial charge in [0, 0.05) is 17.4 Å². The first-order chi connectivity index (χ1) is 12.8. The lowest BCUT2D eigenvalue weighted by molar-refractivity contribution is 0.589. The van der Waals surface area contributed by atoms with Crippen molar-refractivity contribution in [2.45, 2.75) is 18.1 Å². The van der Waals surface area contributed by atoms with E-state index in [1.807, 2.05) is 0 Å². The summed E-state index contributed by atoms with van der Waals surface area (Å²) in [6.45, 7) is 0. The molecule has 2 aromatic heterocycles. The van der Waals surface area contributed by atoms with Gasteiger partial charge in [0.25, 0.3) is 0 Å². The minimum Gasteiger partial charge on any atom is -0.283 e. The molecule has 11 nitrogen and oxygen atoms in total. The van der Waals surface area contributed by atoms with Crippen LogP contribution in [0.1, 0.15) is 12.8 Å². The maximum atomic E-state index is 12.0. The van der Waals surface area contributed by atoms with Crippen LogP contribution in [0.4, 0.5) is 5.69 Å². The molecule has 13 heteroatoms. The van der Waals surface area contributed by atoms with Gasteiger partial charge in [0.2, 0.25) is 15.8 Å². The summed E-state index contributed by atoms with van der Waals surface area (Å²) in [5, 5.41) is 18.3. The van der Waals surface area contributed by atoms with Gasteiger partial charge in [-0.25, -0.2) is 17.5 Å². The molecule has 1 aromatic carbocycles. The highest BCUT2D eigenvalue weighted by atomic mass is 32.2. The first kappa shape index (κ1) is 17.6. The Labute approximate surface area is 154 Å². The van der Waals surface area contributed by atoms with E-state index < -0.39 is 20.2 Å². The zero-order chi connectivity index (χ0) is 19.2. The van der Waals surface area contributed by atoms with Gasteiger partial charge in [0.1, 0.15) is 5.69 Å². The summed E-state index contributed by atoms with van der Waals surface area (Å²) in [7, 11) is -7.44. The lowest BCUT2D eigenvalue weighted by atomic mass is 10.1. The molecule has 4 N–H and O–H groups in total. The highest BCUT2D eigenvalue weighted by Gasteiger charge is 2.35. The van der Waals surface area contributed by atoms with Crippen molar-refractivity contribution in [2.24, 2.45) is 5.14 Å². The Hall–Kier alpha value is -2.77. The number of rotatable bonds is 6. The minimum atomic E-state index is -4.08. The van der Waals surface area contributed by atoms with Crippen molar-refractivity contribution in [1.29, 1.82) is 0 Å². The fourth-order valence-corrected chi connectivity index (χ4v) is 4.74. The molecule has 1 aliphatic carbocycles. The predicted molar refractivity (Wildman–Crippen MR) is 97.1 cm³/mol. The summed E-state index contributed by atoms with van der Waals surface area (Å²) < 4.78 is 51.1. The molecule has 3 aromatic rings. The molecule has 27 heavy (non-hydrogen) atoms. The Bertz CT molecular complexity index is 1180. The lowest BCUT2D eigenvalue weighted by Crippen LogP contribution is -2.22. The second-order valence-corrected chi connectivity index (χ2v) is 9.46. The van der Waals surface area contributed by atoms with E-state index in [0.717, 1.165) is 3.97 Å². The molecule has 0 radical (unpaired) electrons. The first-order valence-corrected chi connectivity index (χ1v) is 10.9. The van der Waals surface area contributed by atoms with Gasteiger partial charge >= 0.3 is 10.2 Å². The number of nitrogens with one attached hydrogen (secondary N) is 2. The molecule has 4 rings (SSSR count). The number of hydrogen-bond donors (Lipinski definition) is 3. The van der Waals surface area contributed by atoms with Crippen LogP contribution in [0, 0.1) is 0 Å².